The van der Waals surface area contributed by atoms with Crippen molar-refractivity contribution in [2.45, 2.75) is 20.0 Å². The zero-order valence-corrected chi connectivity index (χ0v) is 11.6. The van der Waals surface area contributed by atoms with Crippen molar-refractivity contribution in [3.8, 4) is 0 Å². The highest BCUT2D eigenvalue weighted by Crippen LogP contribution is 2.29. The van der Waals surface area contributed by atoms with Gasteiger partial charge < -0.3 is 5.11 Å². The van der Waals surface area contributed by atoms with Crippen LogP contribution in [0.2, 0.25) is 0 Å². The molecule has 1 aromatic heterocycles. The second-order valence-corrected chi connectivity index (χ2v) is 4.93. The van der Waals surface area contributed by atoms with Crippen LogP contribution >= 0.6 is 15.9 Å². The highest BCUT2D eigenvalue weighted by atomic mass is 79.9. The molecule has 2 rings (SSSR count). The minimum Gasteiger partial charge on any atom is -0.383 e. The van der Waals surface area contributed by atoms with Gasteiger partial charge in [-0.05, 0) is 41.9 Å². The topological polar surface area (TPSA) is 46.0 Å². The van der Waals surface area contributed by atoms with Gasteiger partial charge in [0.1, 0.15) is 11.9 Å². The first kappa shape index (κ1) is 13.1. The first-order chi connectivity index (χ1) is 8.50. The van der Waals surface area contributed by atoms with Gasteiger partial charge in [-0.3, -0.25) is 0 Å². The number of nitrogens with zero attached hydrogens (tertiary/aromatic N) is 2. The van der Waals surface area contributed by atoms with E-state index in [1.54, 1.807) is 38.1 Å². The molecule has 0 bridgehead atoms. The van der Waals surface area contributed by atoms with E-state index in [0.717, 1.165) is 0 Å². The summed E-state index contributed by atoms with van der Waals surface area (Å²) < 4.78 is 14.3. The molecule has 0 aliphatic rings. The molecule has 5 heteroatoms. The normalized spacial score (nSPS) is 12.5. The third-order valence-electron chi connectivity index (χ3n) is 2.71. The van der Waals surface area contributed by atoms with E-state index in [1.807, 2.05) is 0 Å². The molecule has 0 amide bonds. The van der Waals surface area contributed by atoms with Crippen molar-refractivity contribution in [3.63, 3.8) is 0 Å². The maximum Gasteiger partial charge on any atom is 0.143 e. The molecule has 0 aliphatic heterocycles. The zero-order valence-electron chi connectivity index (χ0n) is 9.98. The maximum absolute atomic E-state index is 13.9. The van der Waals surface area contributed by atoms with E-state index in [9.17, 15) is 9.50 Å². The summed E-state index contributed by atoms with van der Waals surface area (Å²) in [6, 6.07) is 6.55. The Labute approximate surface area is 113 Å². The molecule has 0 fully saturated rings. The van der Waals surface area contributed by atoms with Gasteiger partial charge in [0.2, 0.25) is 0 Å². The number of aliphatic hydroxyl groups is 1. The molecule has 0 radical (unpaired) electrons. The summed E-state index contributed by atoms with van der Waals surface area (Å²) >= 11 is 3.11. The Bertz CT molecular complexity index is 587. The first-order valence-corrected chi connectivity index (χ1v) is 6.23. The van der Waals surface area contributed by atoms with Gasteiger partial charge in [-0.1, -0.05) is 12.1 Å². The van der Waals surface area contributed by atoms with Crippen LogP contribution in [0.15, 0.2) is 28.7 Å². The summed E-state index contributed by atoms with van der Waals surface area (Å²) in [5.41, 5.74) is 2.07. The van der Waals surface area contributed by atoms with Gasteiger partial charge in [0.25, 0.3) is 0 Å². The van der Waals surface area contributed by atoms with Gasteiger partial charge in [0.05, 0.1) is 15.9 Å². The van der Waals surface area contributed by atoms with E-state index < -0.39 is 11.9 Å². The third-order valence-corrected chi connectivity index (χ3v) is 3.32. The third kappa shape index (κ3) is 2.42. The molecule has 1 aromatic carbocycles. The summed E-state index contributed by atoms with van der Waals surface area (Å²) in [6.45, 7) is 3.51. The Morgan fingerprint density at radius 1 is 1.22 bits per heavy atom. The molecule has 0 saturated heterocycles. The Kier molecular flexibility index (Phi) is 3.73. The van der Waals surface area contributed by atoms with Gasteiger partial charge in [-0.25, -0.2) is 4.39 Å². The van der Waals surface area contributed by atoms with Crippen LogP contribution in [0.25, 0.3) is 0 Å². The van der Waals surface area contributed by atoms with Gasteiger partial charge in [0.15, 0.2) is 0 Å². The van der Waals surface area contributed by atoms with E-state index in [-0.39, 0.29) is 5.56 Å². The van der Waals surface area contributed by atoms with Gasteiger partial charge in [0, 0.05) is 11.1 Å². The molecular formula is C13H12BrFN2O. The molecule has 1 N–H and O–H groups in total. The molecule has 0 aliphatic carbocycles. The van der Waals surface area contributed by atoms with Gasteiger partial charge in [-0.15, -0.1) is 0 Å². The number of hydrogen-bond acceptors (Lipinski definition) is 3. The fourth-order valence-electron chi connectivity index (χ4n) is 1.75. The predicted molar refractivity (Wildman–Crippen MR) is 69.7 cm³/mol. The predicted octanol–water partition coefficient (Wildman–Crippen LogP) is 3.08. The van der Waals surface area contributed by atoms with Crippen LogP contribution in [0.4, 0.5) is 4.39 Å². The van der Waals surface area contributed by atoms with Crippen LogP contribution in [0, 0.1) is 19.7 Å². The number of rotatable bonds is 2. The van der Waals surface area contributed by atoms with Crippen LogP contribution in [0.5, 0.6) is 0 Å². The van der Waals surface area contributed by atoms with E-state index in [2.05, 4.69) is 26.1 Å². The average Bonchev–Trinajstić information content (AvgIpc) is 2.35. The van der Waals surface area contributed by atoms with E-state index in [4.69, 9.17) is 0 Å². The Morgan fingerprint density at radius 2 is 1.94 bits per heavy atom. The number of aromatic nitrogens is 2. The second kappa shape index (κ2) is 5.12. The second-order valence-electron chi connectivity index (χ2n) is 4.07. The highest BCUT2D eigenvalue weighted by molar-refractivity contribution is 9.10. The fourth-order valence-corrected chi connectivity index (χ4v) is 2.13. The van der Waals surface area contributed by atoms with Gasteiger partial charge in [-0.2, -0.15) is 10.2 Å². The van der Waals surface area contributed by atoms with Crippen LogP contribution in [-0.2, 0) is 0 Å². The van der Waals surface area contributed by atoms with Crippen LogP contribution < -0.4 is 0 Å². The van der Waals surface area contributed by atoms with Crippen LogP contribution in [-0.4, -0.2) is 15.3 Å². The zero-order chi connectivity index (χ0) is 13.3. The van der Waals surface area contributed by atoms with Crippen molar-refractivity contribution >= 4 is 15.9 Å². The summed E-state index contributed by atoms with van der Waals surface area (Å²) in [5.74, 6) is -0.459. The van der Waals surface area contributed by atoms with E-state index in [1.165, 1.54) is 0 Å². The molecule has 0 spiro atoms. The van der Waals surface area contributed by atoms with Crippen molar-refractivity contribution in [1.29, 1.82) is 0 Å². The van der Waals surface area contributed by atoms with Crippen molar-refractivity contribution in [1.82, 2.24) is 10.2 Å². The minimum absolute atomic E-state index is 0.222. The van der Waals surface area contributed by atoms with Crippen molar-refractivity contribution in [3.05, 3.63) is 57.1 Å². The Hall–Kier alpha value is -1.33. The number of benzene rings is 1. The summed E-state index contributed by atoms with van der Waals surface area (Å²) in [4.78, 5) is 0. The van der Waals surface area contributed by atoms with Crippen molar-refractivity contribution < 1.29 is 9.50 Å². The molecule has 1 heterocycles. The lowest BCUT2D eigenvalue weighted by atomic mass is 10.00. The smallest absolute Gasteiger partial charge is 0.143 e. The number of halogens is 2. The maximum atomic E-state index is 13.9. The van der Waals surface area contributed by atoms with Crippen LogP contribution in [0.3, 0.4) is 0 Å². The molecule has 1 atom stereocenters. The first-order valence-electron chi connectivity index (χ1n) is 5.43. The quantitative estimate of drug-likeness (QED) is 0.927. The highest BCUT2D eigenvalue weighted by Gasteiger charge is 2.19. The van der Waals surface area contributed by atoms with Gasteiger partial charge >= 0.3 is 0 Å². The Balaban J connectivity index is 2.51. The fraction of sp³-hybridized carbons (Fsp3) is 0.231. The number of aryl methyl sites for hydroxylation is 2. The number of hydrogen-bond donors (Lipinski definition) is 1. The van der Waals surface area contributed by atoms with Crippen LogP contribution in [0.1, 0.15) is 28.6 Å². The summed E-state index contributed by atoms with van der Waals surface area (Å²) in [5, 5.41) is 18.1. The molecule has 3 nitrogen and oxygen atoms in total. The molecule has 0 saturated carbocycles. The molecule has 2 aromatic rings. The minimum atomic E-state index is -1.04. The number of aliphatic hydroxyl groups excluding tert-OH is 1. The van der Waals surface area contributed by atoms with Crippen molar-refractivity contribution in [2.75, 3.05) is 0 Å². The summed E-state index contributed by atoms with van der Waals surface area (Å²) in [6.07, 6.45) is -1.04. The van der Waals surface area contributed by atoms with E-state index >= 15 is 0 Å². The summed E-state index contributed by atoms with van der Waals surface area (Å²) in [7, 11) is 0. The average molecular weight is 311 g/mol. The molecule has 94 valence electrons. The van der Waals surface area contributed by atoms with Crippen molar-refractivity contribution in [2.24, 2.45) is 0 Å². The lowest BCUT2D eigenvalue weighted by molar-refractivity contribution is 0.213. The van der Waals surface area contributed by atoms with E-state index in [0.29, 0.717) is 21.4 Å². The SMILES string of the molecule is Cc1cc(C(O)c2cccc(Br)c2F)c(C)nn1. The monoisotopic (exact) mass is 310 g/mol. The standard InChI is InChI=1S/C13H12BrFN2O/c1-7-6-10(8(2)17-16-7)13(18)9-4-3-5-11(14)12(9)15/h3-6,13,18H,1-2H3. The lowest BCUT2D eigenvalue weighted by Gasteiger charge is -2.15. The molecular weight excluding hydrogens is 299 g/mol. The lowest BCUT2D eigenvalue weighted by Crippen LogP contribution is -2.07. The Morgan fingerprint density at radius 3 is 2.67 bits per heavy atom. The molecule has 18 heavy (non-hydrogen) atoms. The largest absolute Gasteiger partial charge is 0.383 e. The molecule has 1 unspecified atom stereocenters.